The molecular weight excluding hydrogens is 340 g/mol. The minimum Gasteiger partial charge on any atom is -0.467 e. The molecule has 2 amide bonds. The molecule has 1 aromatic heterocycles. The quantitative estimate of drug-likeness (QED) is 0.666. The van der Waals surface area contributed by atoms with Crippen LogP contribution in [-0.2, 0) is 17.9 Å². The molecule has 3 rings (SSSR count). The van der Waals surface area contributed by atoms with E-state index in [0.717, 1.165) is 11.3 Å². The van der Waals surface area contributed by atoms with Crippen LogP contribution in [-0.4, -0.2) is 23.3 Å². The Morgan fingerprint density at radius 2 is 1.56 bits per heavy atom. The van der Waals surface area contributed by atoms with Crippen LogP contribution in [0.1, 0.15) is 28.1 Å². The van der Waals surface area contributed by atoms with E-state index in [1.165, 1.54) is 0 Å². The van der Waals surface area contributed by atoms with Crippen molar-refractivity contribution in [3.05, 3.63) is 95.9 Å². The molecule has 1 N–H and O–H groups in total. The van der Waals surface area contributed by atoms with E-state index in [-0.39, 0.29) is 24.8 Å². The van der Waals surface area contributed by atoms with Crippen LogP contribution in [0.2, 0.25) is 0 Å². The molecule has 5 nitrogen and oxygen atoms in total. The lowest BCUT2D eigenvalue weighted by atomic mass is 10.2. The van der Waals surface area contributed by atoms with Crippen LogP contribution in [0, 0.1) is 0 Å². The lowest BCUT2D eigenvalue weighted by Gasteiger charge is -2.22. The van der Waals surface area contributed by atoms with Gasteiger partial charge >= 0.3 is 0 Å². The molecule has 0 atom stereocenters. The number of carbonyl (C=O) groups is 2. The van der Waals surface area contributed by atoms with Gasteiger partial charge in [0.2, 0.25) is 5.91 Å². The van der Waals surface area contributed by atoms with Crippen molar-refractivity contribution in [1.82, 2.24) is 10.2 Å². The zero-order valence-corrected chi connectivity index (χ0v) is 15.0. The average molecular weight is 362 g/mol. The van der Waals surface area contributed by atoms with Crippen molar-refractivity contribution in [3.63, 3.8) is 0 Å². The maximum atomic E-state index is 12.7. The lowest BCUT2D eigenvalue weighted by molar-refractivity contribution is -0.132. The third-order valence-electron chi connectivity index (χ3n) is 4.16. The molecule has 0 saturated heterocycles. The third-order valence-corrected chi connectivity index (χ3v) is 4.16. The highest BCUT2D eigenvalue weighted by atomic mass is 16.3. The Balaban J connectivity index is 1.57. The van der Waals surface area contributed by atoms with Gasteiger partial charge in [0.25, 0.3) is 5.91 Å². The Morgan fingerprint density at radius 3 is 2.22 bits per heavy atom. The van der Waals surface area contributed by atoms with Gasteiger partial charge in [-0.1, -0.05) is 48.5 Å². The maximum Gasteiger partial charge on any atom is 0.251 e. The van der Waals surface area contributed by atoms with Gasteiger partial charge < -0.3 is 14.6 Å². The van der Waals surface area contributed by atoms with Crippen LogP contribution < -0.4 is 5.32 Å². The first-order valence-corrected chi connectivity index (χ1v) is 8.90. The molecule has 0 bridgehead atoms. The van der Waals surface area contributed by atoms with Gasteiger partial charge in [-0.15, -0.1) is 0 Å². The molecule has 0 unspecified atom stereocenters. The summed E-state index contributed by atoms with van der Waals surface area (Å²) in [6.45, 7) is 1.18. The van der Waals surface area contributed by atoms with E-state index in [9.17, 15) is 9.59 Å². The highest BCUT2D eigenvalue weighted by Gasteiger charge is 2.16. The van der Waals surface area contributed by atoms with Crippen molar-refractivity contribution in [1.29, 1.82) is 0 Å². The minimum absolute atomic E-state index is 0.0383. The summed E-state index contributed by atoms with van der Waals surface area (Å²) in [7, 11) is 0. The van der Waals surface area contributed by atoms with Crippen LogP contribution >= 0.6 is 0 Å². The molecule has 138 valence electrons. The molecule has 0 aliphatic carbocycles. The Morgan fingerprint density at radius 1 is 0.852 bits per heavy atom. The van der Waals surface area contributed by atoms with Gasteiger partial charge in [-0.05, 0) is 29.8 Å². The zero-order chi connectivity index (χ0) is 18.9. The predicted molar refractivity (Wildman–Crippen MR) is 103 cm³/mol. The van der Waals surface area contributed by atoms with E-state index in [2.05, 4.69) is 5.32 Å². The van der Waals surface area contributed by atoms with E-state index >= 15 is 0 Å². The summed E-state index contributed by atoms with van der Waals surface area (Å²) in [6, 6.07) is 22.4. The Kier molecular flexibility index (Phi) is 6.41. The summed E-state index contributed by atoms with van der Waals surface area (Å²) in [5.41, 5.74) is 1.63. The normalized spacial score (nSPS) is 10.4. The summed E-state index contributed by atoms with van der Waals surface area (Å²) in [5, 5.41) is 2.80. The molecule has 27 heavy (non-hydrogen) atoms. The number of rotatable bonds is 8. The number of carbonyl (C=O) groups excluding carboxylic acids is 2. The highest BCUT2D eigenvalue weighted by Crippen LogP contribution is 2.12. The first-order valence-electron chi connectivity index (χ1n) is 8.90. The number of amides is 2. The van der Waals surface area contributed by atoms with E-state index in [1.807, 2.05) is 54.6 Å². The fourth-order valence-corrected chi connectivity index (χ4v) is 2.76. The van der Waals surface area contributed by atoms with Crippen LogP contribution in [0.4, 0.5) is 0 Å². The van der Waals surface area contributed by atoms with Crippen LogP contribution in [0.3, 0.4) is 0 Å². The highest BCUT2D eigenvalue weighted by molar-refractivity contribution is 5.94. The smallest absolute Gasteiger partial charge is 0.251 e. The van der Waals surface area contributed by atoms with Crippen molar-refractivity contribution < 1.29 is 14.0 Å². The first-order chi connectivity index (χ1) is 13.2. The number of furan rings is 1. The summed E-state index contributed by atoms with van der Waals surface area (Å²) in [6.07, 6.45) is 1.83. The topological polar surface area (TPSA) is 62.6 Å². The zero-order valence-electron chi connectivity index (χ0n) is 15.0. The van der Waals surface area contributed by atoms with E-state index < -0.39 is 0 Å². The van der Waals surface area contributed by atoms with E-state index in [1.54, 1.807) is 29.4 Å². The Hall–Kier alpha value is -3.34. The van der Waals surface area contributed by atoms with E-state index in [4.69, 9.17) is 4.42 Å². The molecule has 0 spiro atoms. The molecule has 0 fully saturated rings. The third kappa shape index (κ3) is 5.57. The largest absolute Gasteiger partial charge is 0.467 e. The standard InChI is InChI=1S/C22H22N2O3/c25-21(13-14-23-22(26)19-10-5-2-6-11-19)24(17-20-12-7-15-27-20)16-18-8-3-1-4-9-18/h1-12,15H,13-14,16-17H2,(H,23,26). The fraction of sp³-hybridized carbons (Fsp3) is 0.182. The van der Waals surface area contributed by atoms with Crippen molar-refractivity contribution in [2.45, 2.75) is 19.5 Å². The van der Waals surface area contributed by atoms with Crippen LogP contribution in [0.15, 0.2) is 83.5 Å². The minimum atomic E-state index is -0.177. The van der Waals surface area contributed by atoms with Gasteiger partial charge in [0.15, 0.2) is 0 Å². The number of nitrogens with one attached hydrogen (secondary N) is 1. The number of nitrogens with zero attached hydrogens (tertiary/aromatic N) is 1. The summed E-state index contributed by atoms with van der Waals surface area (Å²) in [5.74, 6) is 0.514. The molecule has 0 radical (unpaired) electrons. The summed E-state index contributed by atoms with van der Waals surface area (Å²) < 4.78 is 5.39. The Labute approximate surface area is 158 Å². The summed E-state index contributed by atoms with van der Waals surface area (Å²) in [4.78, 5) is 26.6. The molecule has 2 aromatic carbocycles. The van der Waals surface area contributed by atoms with Crippen LogP contribution in [0.5, 0.6) is 0 Å². The molecule has 0 saturated carbocycles. The second-order valence-corrected chi connectivity index (χ2v) is 6.19. The van der Waals surface area contributed by atoms with Gasteiger partial charge in [-0.3, -0.25) is 9.59 Å². The van der Waals surface area contributed by atoms with Gasteiger partial charge in [0, 0.05) is 25.1 Å². The van der Waals surface area contributed by atoms with Crippen molar-refractivity contribution in [2.75, 3.05) is 6.54 Å². The van der Waals surface area contributed by atoms with Crippen LogP contribution in [0.25, 0.3) is 0 Å². The molecule has 5 heteroatoms. The number of benzene rings is 2. The predicted octanol–water partition coefficient (Wildman–Crippen LogP) is 3.63. The lowest BCUT2D eigenvalue weighted by Crippen LogP contribution is -2.34. The molecular formula is C22H22N2O3. The maximum absolute atomic E-state index is 12.7. The number of hydrogen-bond acceptors (Lipinski definition) is 3. The fourth-order valence-electron chi connectivity index (χ4n) is 2.76. The summed E-state index contributed by atoms with van der Waals surface area (Å²) >= 11 is 0. The monoisotopic (exact) mass is 362 g/mol. The van der Waals surface area contributed by atoms with Gasteiger partial charge in [0.05, 0.1) is 12.8 Å². The van der Waals surface area contributed by atoms with Crippen molar-refractivity contribution in [3.8, 4) is 0 Å². The second-order valence-electron chi connectivity index (χ2n) is 6.19. The van der Waals surface area contributed by atoms with Gasteiger partial charge in [-0.25, -0.2) is 0 Å². The van der Waals surface area contributed by atoms with Crippen molar-refractivity contribution >= 4 is 11.8 Å². The van der Waals surface area contributed by atoms with E-state index in [0.29, 0.717) is 18.7 Å². The van der Waals surface area contributed by atoms with Crippen molar-refractivity contribution in [2.24, 2.45) is 0 Å². The first kappa shape index (κ1) is 18.5. The molecule has 3 aromatic rings. The Bertz CT molecular complexity index is 846. The SMILES string of the molecule is O=C(NCCC(=O)N(Cc1ccccc1)Cc1ccco1)c1ccccc1. The second kappa shape index (κ2) is 9.38. The van der Waals surface area contributed by atoms with Gasteiger partial charge in [0.1, 0.15) is 5.76 Å². The average Bonchev–Trinajstić information content (AvgIpc) is 3.22. The molecule has 1 heterocycles. The number of hydrogen-bond donors (Lipinski definition) is 1. The molecule has 0 aliphatic heterocycles. The molecule has 0 aliphatic rings. The van der Waals surface area contributed by atoms with Gasteiger partial charge in [-0.2, -0.15) is 0 Å².